The topological polar surface area (TPSA) is 44.8 Å². The summed E-state index contributed by atoms with van der Waals surface area (Å²) in [6.45, 7) is 15.7. The Morgan fingerprint density at radius 3 is 2.46 bits per heavy atom. The first kappa shape index (κ1) is 22.0. The second kappa shape index (κ2) is 9.40. The lowest BCUT2D eigenvalue weighted by Gasteiger charge is -2.51. The van der Waals surface area contributed by atoms with Crippen molar-refractivity contribution in [3.8, 4) is 0 Å². The van der Waals surface area contributed by atoms with Crippen molar-refractivity contribution in [3.63, 3.8) is 0 Å². The van der Waals surface area contributed by atoms with Gasteiger partial charge in [0.25, 0.3) is 0 Å². The van der Waals surface area contributed by atoms with Crippen LogP contribution < -0.4 is 0 Å². The number of carbonyl (C=O) groups excluding carboxylic acids is 1. The lowest BCUT2D eigenvalue weighted by molar-refractivity contribution is -0.244. The Labute approximate surface area is 171 Å². The summed E-state index contributed by atoms with van der Waals surface area (Å²) in [5.41, 5.74) is 1.19. The first-order chi connectivity index (χ1) is 13.3. The van der Waals surface area contributed by atoms with E-state index in [4.69, 9.17) is 14.2 Å². The Morgan fingerprint density at radius 1 is 1.04 bits per heavy atom. The van der Waals surface area contributed by atoms with Crippen molar-refractivity contribution in [1.29, 1.82) is 0 Å². The van der Waals surface area contributed by atoms with Gasteiger partial charge in [-0.05, 0) is 54.9 Å². The monoisotopic (exact) mass is 392 g/mol. The minimum Gasteiger partial charge on any atom is -0.372 e. The lowest BCUT2D eigenvalue weighted by atomic mass is 9.74. The van der Waals surface area contributed by atoms with Gasteiger partial charge in [-0.25, -0.2) is 0 Å². The van der Waals surface area contributed by atoms with Gasteiger partial charge in [-0.2, -0.15) is 0 Å². The summed E-state index contributed by atoms with van der Waals surface area (Å²) < 4.78 is 19.5. The second-order valence-electron chi connectivity index (χ2n) is 9.63. The van der Waals surface area contributed by atoms with Gasteiger partial charge in [0.15, 0.2) is 0 Å². The molecule has 0 spiro atoms. The molecule has 3 rings (SSSR count). The number of hydrogen-bond donors (Lipinski definition) is 0. The van der Waals surface area contributed by atoms with Crippen molar-refractivity contribution in [2.45, 2.75) is 110 Å². The summed E-state index contributed by atoms with van der Waals surface area (Å²) in [7, 11) is 0. The summed E-state index contributed by atoms with van der Waals surface area (Å²) in [4.78, 5) is 10.8. The molecular weight excluding hydrogens is 352 g/mol. The smallest absolute Gasteiger partial charge is 0.120 e. The molecule has 0 amide bonds. The average molecular weight is 393 g/mol. The van der Waals surface area contributed by atoms with Crippen LogP contribution in [-0.2, 0) is 19.0 Å². The molecule has 0 bridgehead atoms. The standard InChI is InChI=1S/C24H40O4/c1-7-20-15(3)12-23-24(28-20)18(6)17(5)22(27-23)13-21-16(4)14(2)11-19(26-21)9-8-10-25/h10,14-15,17-24H,4,7-9,11-13H2,1-3,5-6H3/t14-,15-,17-,18-,19+,20-,21-,22+,23+,24+/m1/s1. The highest BCUT2D eigenvalue weighted by atomic mass is 16.6. The van der Waals surface area contributed by atoms with Gasteiger partial charge in [0.05, 0.1) is 36.6 Å². The van der Waals surface area contributed by atoms with Crippen LogP contribution in [-0.4, -0.2) is 42.9 Å². The Hall–Kier alpha value is -0.710. The molecule has 28 heavy (non-hydrogen) atoms. The average Bonchev–Trinajstić information content (AvgIpc) is 2.67. The van der Waals surface area contributed by atoms with Crippen LogP contribution in [0.25, 0.3) is 0 Å². The first-order valence-corrected chi connectivity index (χ1v) is 11.4. The van der Waals surface area contributed by atoms with Crippen molar-refractivity contribution in [2.24, 2.45) is 23.7 Å². The fraction of sp³-hybridized carbons (Fsp3) is 0.875. The van der Waals surface area contributed by atoms with Crippen molar-refractivity contribution in [3.05, 3.63) is 12.2 Å². The highest BCUT2D eigenvalue weighted by Gasteiger charge is 2.47. The lowest BCUT2D eigenvalue weighted by Crippen LogP contribution is -2.56. The van der Waals surface area contributed by atoms with Gasteiger partial charge in [-0.3, -0.25) is 0 Å². The molecule has 0 aromatic rings. The van der Waals surface area contributed by atoms with Gasteiger partial charge < -0.3 is 19.0 Å². The maximum Gasteiger partial charge on any atom is 0.120 e. The Bertz CT molecular complexity index is 547. The van der Waals surface area contributed by atoms with Crippen LogP contribution in [0, 0.1) is 23.7 Å². The van der Waals surface area contributed by atoms with Crippen molar-refractivity contribution in [2.75, 3.05) is 0 Å². The van der Waals surface area contributed by atoms with E-state index in [1.165, 1.54) is 5.57 Å². The molecule has 0 aliphatic carbocycles. The van der Waals surface area contributed by atoms with Gasteiger partial charge >= 0.3 is 0 Å². The molecule has 4 heteroatoms. The SMILES string of the molecule is C=C1[C@H](C)C[C@H](CCC=O)O[C@@H]1C[C@@H]1O[C@H]2C[C@@H](C)[C@@H](CC)O[C@H]2[C@H](C)[C@H]1C. The van der Waals surface area contributed by atoms with E-state index in [1.54, 1.807) is 0 Å². The number of rotatable bonds is 6. The maximum absolute atomic E-state index is 10.8. The van der Waals surface area contributed by atoms with Crippen LogP contribution in [0.5, 0.6) is 0 Å². The number of hydrogen-bond acceptors (Lipinski definition) is 4. The first-order valence-electron chi connectivity index (χ1n) is 11.4. The number of aldehydes is 1. The van der Waals surface area contributed by atoms with Crippen LogP contribution in [0.2, 0.25) is 0 Å². The predicted molar refractivity (Wildman–Crippen MR) is 111 cm³/mol. The van der Waals surface area contributed by atoms with Crippen molar-refractivity contribution >= 4 is 6.29 Å². The zero-order chi connectivity index (χ0) is 20.4. The molecular formula is C24H40O4. The minimum absolute atomic E-state index is 0.0296. The zero-order valence-electron chi connectivity index (χ0n) is 18.4. The van der Waals surface area contributed by atoms with E-state index < -0.39 is 0 Å². The number of carbonyl (C=O) groups is 1. The molecule has 3 aliphatic rings. The molecule has 0 N–H and O–H groups in total. The van der Waals surface area contributed by atoms with E-state index in [1.807, 2.05) is 0 Å². The summed E-state index contributed by atoms with van der Waals surface area (Å²) in [6, 6.07) is 0. The van der Waals surface area contributed by atoms with E-state index in [0.29, 0.717) is 36.2 Å². The van der Waals surface area contributed by atoms with E-state index in [-0.39, 0.29) is 30.5 Å². The summed E-state index contributed by atoms with van der Waals surface area (Å²) >= 11 is 0. The van der Waals surface area contributed by atoms with Crippen molar-refractivity contribution < 1.29 is 19.0 Å². The highest BCUT2D eigenvalue weighted by Crippen LogP contribution is 2.43. The Balaban J connectivity index is 1.66. The molecule has 0 aromatic carbocycles. The molecule has 3 saturated heterocycles. The Morgan fingerprint density at radius 2 is 1.79 bits per heavy atom. The van der Waals surface area contributed by atoms with E-state index in [0.717, 1.165) is 38.4 Å². The molecule has 4 nitrogen and oxygen atoms in total. The third kappa shape index (κ3) is 4.55. The van der Waals surface area contributed by atoms with Crippen LogP contribution in [0.1, 0.15) is 73.1 Å². The normalized spacial score (nSPS) is 46.8. The predicted octanol–water partition coefficient (Wildman–Crippen LogP) is 4.95. The highest BCUT2D eigenvalue weighted by molar-refractivity contribution is 5.49. The second-order valence-corrected chi connectivity index (χ2v) is 9.63. The van der Waals surface area contributed by atoms with E-state index in [9.17, 15) is 4.79 Å². The minimum atomic E-state index is 0.0296. The van der Waals surface area contributed by atoms with E-state index in [2.05, 4.69) is 41.2 Å². The number of ether oxygens (including phenoxy) is 3. The molecule has 10 atom stereocenters. The summed E-state index contributed by atoms with van der Waals surface area (Å²) in [6.07, 6.45) is 7.48. The van der Waals surface area contributed by atoms with Gasteiger partial charge in [0, 0.05) is 12.8 Å². The van der Waals surface area contributed by atoms with Gasteiger partial charge in [0.1, 0.15) is 6.29 Å². The molecule has 0 radical (unpaired) electrons. The fourth-order valence-electron chi connectivity index (χ4n) is 5.52. The van der Waals surface area contributed by atoms with Gasteiger partial charge in [-0.1, -0.05) is 41.2 Å². The van der Waals surface area contributed by atoms with Crippen molar-refractivity contribution in [1.82, 2.24) is 0 Å². The number of fused-ring (bicyclic) bond motifs is 1. The molecule has 3 fully saturated rings. The van der Waals surface area contributed by atoms with Gasteiger partial charge in [-0.15, -0.1) is 0 Å². The Kier molecular flexibility index (Phi) is 7.38. The third-order valence-electron chi connectivity index (χ3n) is 7.70. The quantitative estimate of drug-likeness (QED) is 0.474. The summed E-state index contributed by atoms with van der Waals surface area (Å²) in [5, 5.41) is 0. The van der Waals surface area contributed by atoms with Crippen LogP contribution >= 0.6 is 0 Å². The molecule has 3 aliphatic heterocycles. The molecule has 3 heterocycles. The molecule has 160 valence electrons. The largest absolute Gasteiger partial charge is 0.372 e. The maximum atomic E-state index is 10.8. The van der Waals surface area contributed by atoms with Gasteiger partial charge in [0.2, 0.25) is 0 Å². The molecule has 0 unspecified atom stereocenters. The molecule has 0 aromatic heterocycles. The summed E-state index contributed by atoms with van der Waals surface area (Å²) in [5.74, 6) is 1.88. The van der Waals surface area contributed by atoms with E-state index >= 15 is 0 Å². The fourth-order valence-corrected chi connectivity index (χ4v) is 5.52. The zero-order valence-corrected chi connectivity index (χ0v) is 18.4. The van der Waals surface area contributed by atoms with Crippen LogP contribution in [0.15, 0.2) is 12.2 Å². The molecule has 0 saturated carbocycles. The van der Waals surface area contributed by atoms with Crippen LogP contribution in [0.3, 0.4) is 0 Å². The third-order valence-corrected chi connectivity index (χ3v) is 7.70. The van der Waals surface area contributed by atoms with Crippen LogP contribution in [0.4, 0.5) is 0 Å².